The Balaban J connectivity index is 2.11. The summed E-state index contributed by atoms with van der Waals surface area (Å²) >= 11 is 0. The number of aliphatic hydroxyl groups excluding tert-OH is 1. The Hall–Kier alpha value is -1.84. The maximum absolute atomic E-state index is 13.1. The van der Waals surface area contributed by atoms with Crippen molar-refractivity contribution in [3.05, 3.63) is 18.2 Å². The molecule has 1 unspecified atom stereocenters. The lowest BCUT2D eigenvalue weighted by Gasteiger charge is -2.24. The van der Waals surface area contributed by atoms with Crippen molar-refractivity contribution in [3.63, 3.8) is 0 Å². The Kier molecular flexibility index (Phi) is 7.88. The molecule has 0 radical (unpaired) electrons. The van der Waals surface area contributed by atoms with Gasteiger partial charge >= 0.3 is 0 Å². The lowest BCUT2D eigenvalue weighted by molar-refractivity contribution is -0.124. The number of benzene rings is 1. The van der Waals surface area contributed by atoms with Gasteiger partial charge in [0.25, 0.3) is 0 Å². The number of unbranched alkanes of at least 4 members (excludes halogenated alkanes) is 2. The Morgan fingerprint density at radius 1 is 1.22 bits per heavy atom. The van der Waals surface area contributed by atoms with Gasteiger partial charge in [-0.05, 0) is 44.2 Å². The van der Waals surface area contributed by atoms with Crippen molar-refractivity contribution in [2.45, 2.75) is 43.0 Å². The quantitative estimate of drug-likeness (QED) is 0.571. The molecule has 9 heteroatoms. The Morgan fingerprint density at radius 3 is 2.63 bits per heavy atom. The number of hydrogen-bond donors (Lipinski definition) is 2. The van der Waals surface area contributed by atoms with Gasteiger partial charge in [0.1, 0.15) is 6.04 Å². The van der Waals surface area contributed by atoms with E-state index in [-0.39, 0.29) is 17.4 Å². The van der Waals surface area contributed by atoms with Gasteiger partial charge < -0.3 is 19.9 Å². The molecule has 0 saturated carbocycles. The van der Waals surface area contributed by atoms with Gasteiger partial charge in [0.05, 0.1) is 19.1 Å². The summed E-state index contributed by atoms with van der Waals surface area (Å²) in [6, 6.07) is 3.70. The van der Waals surface area contributed by atoms with Crippen LogP contribution < -0.4 is 14.8 Å². The number of ether oxygens (including phenoxy) is 2. The third-order valence-electron chi connectivity index (χ3n) is 4.60. The first-order chi connectivity index (χ1) is 13.0. The second kappa shape index (κ2) is 9.91. The van der Waals surface area contributed by atoms with Crippen molar-refractivity contribution in [3.8, 4) is 11.5 Å². The van der Waals surface area contributed by atoms with E-state index in [9.17, 15) is 13.2 Å². The number of hydrogen-bond acceptors (Lipinski definition) is 6. The van der Waals surface area contributed by atoms with E-state index in [4.69, 9.17) is 14.6 Å². The van der Waals surface area contributed by atoms with Crippen LogP contribution >= 0.6 is 0 Å². The van der Waals surface area contributed by atoms with Crippen LogP contribution in [0.4, 0.5) is 0 Å². The lowest BCUT2D eigenvalue weighted by atomic mass is 10.2. The lowest BCUT2D eigenvalue weighted by Crippen LogP contribution is -2.46. The largest absolute Gasteiger partial charge is 0.493 e. The fourth-order valence-corrected chi connectivity index (χ4v) is 4.82. The Bertz CT molecular complexity index is 737. The molecule has 1 heterocycles. The van der Waals surface area contributed by atoms with Crippen LogP contribution in [0.25, 0.3) is 0 Å². The summed E-state index contributed by atoms with van der Waals surface area (Å²) in [5.74, 6) is 0.484. The van der Waals surface area contributed by atoms with Crippen LogP contribution in [-0.2, 0) is 14.8 Å². The van der Waals surface area contributed by atoms with Crippen LogP contribution in [0.5, 0.6) is 11.5 Å². The number of methoxy groups -OCH3 is 2. The smallest absolute Gasteiger partial charge is 0.243 e. The van der Waals surface area contributed by atoms with Gasteiger partial charge in [0.2, 0.25) is 15.9 Å². The molecule has 0 bridgehead atoms. The average molecular weight is 400 g/mol. The SMILES string of the molecule is COc1ccc(S(=O)(=O)N2CCCC2C(=O)NCCCCCO)cc1OC. The van der Waals surface area contributed by atoms with Crippen molar-refractivity contribution in [2.75, 3.05) is 33.9 Å². The molecule has 152 valence electrons. The number of nitrogens with zero attached hydrogens (tertiary/aromatic N) is 1. The topological polar surface area (TPSA) is 105 Å². The minimum absolute atomic E-state index is 0.0720. The number of sulfonamides is 1. The summed E-state index contributed by atoms with van der Waals surface area (Å²) in [6.45, 7) is 0.909. The van der Waals surface area contributed by atoms with E-state index in [0.29, 0.717) is 43.9 Å². The predicted molar refractivity (Wildman–Crippen MR) is 100 cm³/mol. The molecule has 0 aromatic heterocycles. The van der Waals surface area contributed by atoms with Gasteiger partial charge in [0.15, 0.2) is 11.5 Å². The summed E-state index contributed by atoms with van der Waals surface area (Å²) in [5, 5.41) is 11.6. The van der Waals surface area contributed by atoms with E-state index >= 15 is 0 Å². The highest BCUT2D eigenvalue weighted by Crippen LogP contribution is 2.33. The minimum atomic E-state index is -3.83. The number of carbonyl (C=O) groups excluding carboxylic acids is 1. The summed E-state index contributed by atoms with van der Waals surface area (Å²) < 4.78 is 37.7. The number of nitrogens with one attached hydrogen (secondary N) is 1. The van der Waals surface area contributed by atoms with E-state index in [1.807, 2.05) is 0 Å². The molecular weight excluding hydrogens is 372 g/mol. The number of aliphatic hydroxyl groups is 1. The molecule has 1 atom stereocenters. The van der Waals surface area contributed by atoms with Crippen molar-refractivity contribution in [2.24, 2.45) is 0 Å². The molecule has 1 aromatic rings. The molecule has 1 aromatic carbocycles. The average Bonchev–Trinajstić information content (AvgIpc) is 3.18. The zero-order chi connectivity index (χ0) is 19.9. The van der Waals surface area contributed by atoms with E-state index in [1.54, 1.807) is 0 Å². The zero-order valence-electron chi connectivity index (χ0n) is 15.8. The van der Waals surface area contributed by atoms with Crippen molar-refractivity contribution in [1.29, 1.82) is 0 Å². The molecule has 1 amide bonds. The normalized spacial score (nSPS) is 17.7. The highest BCUT2D eigenvalue weighted by atomic mass is 32.2. The van der Waals surface area contributed by atoms with Crippen molar-refractivity contribution in [1.82, 2.24) is 9.62 Å². The van der Waals surface area contributed by atoms with E-state index in [1.165, 1.54) is 36.7 Å². The van der Waals surface area contributed by atoms with Gasteiger partial charge in [-0.1, -0.05) is 0 Å². The van der Waals surface area contributed by atoms with Gasteiger partial charge in [-0.3, -0.25) is 4.79 Å². The third-order valence-corrected chi connectivity index (χ3v) is 6.51. The second-order valence-electron chi connectivity index (χ2n) is 6.37. The second-order valence-corrected chi connectivity index (χ2v) is 8.26. The first-order valence-corrected chi connectivity index (χ1v) is 10.5. The zero-order valence-corrected chi connectivity index (χ0v) is 16.6. The maximum Gasteiger partial charge on any atom is 0.243 e. The molecule has 2 rings (SSSR count). The Morgan fingerprint density at radius 2 is 1.96 bits per heavy atom. The monoisotopic (exact) mass is 400 g/mol. The highest BCUT2D eigenvalue weighted by molar-refractivity contribution is 7.89. The standard InChI is InChI=1S/C18H28N2O6S/c1-25-16-9-8-14(13-17(16)26-2)27(23,24)20-11-6-7-15(20)18(22)19-10-4-3-5-12-21/h8-9,13,15,21H,3-7,10-12H2,1-2H3,(H,19,22). The molecule has 8 nitrogen and oxygen atoms in total. The molecule has 27 heavy (non-hydrogen) atoms. The van der Waals surface area contributed by atoms with Crippen LogP contribution in [0.2, 0.25) is 0 Å². The van der Waals surface area contributed by atoms with Crippen LogP contribution in [-0.4, -0.2) is 63.7 Å². The number of amides is 1. The van der Waals surface area contributed by atoms with Crippen LogP contribution in [0.1, 0.15) is 32.1 Å². The number of carbonyl (C=O) groups is 1. The van der Waals surface area contributed by atoms with Gasteiger partial charge in [0, 0.05) is 25.8 Å². The minimum Gasteiger partial charge on any atom is -0.493 e. The van der Waals surface area contributed by atoms with Gasteiger partial charge in [-0.25, -0.2) is 8.42 Å². The number of rotatable bonds is 10. The highest BCUT2D eigenvalue weighted by Gasteiger charge is 2.39. The van der Waals surface area contributed by atoms with Gasteiger partial charge in [-0.2, -0.15) is 4.31 Å². The summed E-state index contributed by atoms with van der Waals surface area (Å²) in [7, 11) is -0.905. The molecule has 0 spiro atoms. The summed E-state index contributed by atoms with van der Waals surface area (Å²) in [4.78, 5) is 12.6. The molecule has 1 fully saturated rings. The van der Waals surface area contributed by atoms with E-state index in [0.717, 1.165) is 12.8 Å². The Labute approximate surface area is 160 Å². The third kappa shape index (κ3) is 5.12. The fraction of sp³-hybridized carbons (Fsp3) is 0.611. The van der Waals surface area contributed by atoms with E-state index < -0.39 is 16.1 Å². The van der Waals surface area contributed by atoms with Crippen LogP contribution in [0.15, 0.2) is 23.1 Å². The fourth-order valence-electron chi connectivity index (χ4n) is 3.15. The molecule has 1 aliphatic rings. The van der Waals surface area contributed by atoms with E-state index in [2.05, 4.69) is 5.32 Å². The molecular formula is C18H28N2O6S. The van der Waals surface area contributed by atoms with Gasteiger partial charge in [-0.15, -0.1) is 0 Å². The molecule has 2 N–H and O–H groups in total. The molecule has 1 aliphatic heterocycles. The molecule has 0 aliphatic carbocycles. The predicted octanol–water partition coefficient (Wildman–Crippen LogP) is 1.14. The van der Waals surface area contributed by atoms with Crippen LogP contribution in [0, 0.1) is 0 Å². The van der Waals surface area contributed by atoms with Crippen molar-refractivity contribution < 1.29 is 27.8 Å². The van der Waals surface area contributed by atoms with Crippen LogP contribution in [0.3, 0.4) is 0 Å². The molecule has 1 saturated heterocycles. The van der Waals surface area contributed by atoms with Crippen molar-refractivity contribution >= 4 is 15.9 Å². The maximum atomic E-state index is 13.1. The summed E-state index contributed by atoms with van der Waals surface area (Å²) in [6.07, 6.45) is 3.39. The first-order valence-electron chi connectivity index (χ1n) is 9.08. The summed E-state index contributed by atoms with van der Waals surface area (Å²) in [5.41, 5.74) is 0. The first kappa shape index (κ1) is 21.5.